The van der Waals surface area contributed by atoms with Gasteiger partial charge in [0.15, 0.2) is 0 Å². The van der Waals surface area contributed by atoms with E-state index >= 15 is 0 Å². The average Bonchev–Trinajstić information content (AvgIpc) is 3.50. The van der Waals surface area contributed by atoms with Crippen molar-refractivity contribution in [3.8, 4) is 0 Å². The summed E-state index contributed by atoms with van der Waals surface area (Å²) in [6, 6.07) is 8.92. The molecule has 1 fully saturated rings. The molecule has 1 aliphatic rings. The van der Waals surface area contributed by atoms with E-state index in [1.807, 2.05) is 19.9 Å². The first-order valence-corrected chi connectivity index (χ1v) is 11.8. The van der Waals surface area contributed by atoms with Crippen LogP contribution in [0.1, 0.15) is 51.9 Å². The van der Waals surface area contributed by atoms with Crippen LogP contribution in [0.25, 0.3) is 0 Å². The number of amides is 2. The number of hydrogen-bond donors (Lipinski definition) is 3. The maximum atomic E-state index is 12.8. The van der Waals surface area contributed by atoms with Crippen molar-refractivity contribution in [2.45, 2.75) is 57.9 Å². The summed E-state index contributed by atoms with van der Waals surface area (Å²) in [6.07, 6.45) is 1.97. The van der Waals surface area contributed by atoms with Crippen LogP contribution in [0, 0.1) is 27.7 Å². The Morgan fingerprint density at radius 1 is 1.00 bits per heavy atom. The molecule has 0 bridgehead atoms. The lowest BCUT2D eigenvalue weighted by atomic mass is 10.0. The number of anilines is 1. The Balaban J connectivity index is 1.59. The Hall–Kier alpha value is -2.71. The van der Waals surface area contributed by atoms with E-state index in [0.29, 0.717) is 22.4 Å². The summed E-state index contributed by atoms with van der Waals surface area (Å²) in [5.41, 5.74) is 4.21. The minimum absolute atomic E-state index is 0.0259. The number of carbonyl (C=O) groups excluding carboxylic acids is 2. The maximum Gasteiger partial charge on any atom is 0.251 e. The Morgan fingerprint density at radius 2 is 1.65 bits per heavy atom. The Morgan fingerprint density at radius 3 is 2.26 bits per heavy atom. The van der Waals surface area contributed by atoms with Crippen LogP contribution in [0.2, 0.25) is 0 Å². The number of benzene rings is 2. The highest BCUT2D eigenvalue weighted by molar-refractivity contribution is 7.89. The molecule has 2 aromatic carbocycles. The highest BCUT2D eigenvalue weighted by atomic mass is 32.2. The monoisotopic (exact) mass is 443 g/mol. The first-order chi connectivity index (χ1) is 14.6. The lowest BCUT2D eigenvalue weighted by Crippen LogP contribution is -2.29. The zero-order chi connectivity index (χ0) is 22.8. The van der Waals surface area contributed by atoms with E-state index in [-0.39, 0.29) is 35.7 Å². The summed E-state index contributed by atoms with van der Waals surface area (Å²) in [6.45, 7) is 7.31. The third kappa shape index (κ3) is 5.71. The van der Waals surface area contributed by atoms with E-state index in [0.717, 1.165) is 24.0 Å². The highest BCUT2D eigenvalue weighted by Gasteiger charge is 2.24. The molecule has 8 heteroatoms. The van der Waals surface area contributed by atoms with E-state index in [4.69, 9.17) is 0 Å². The van der Waals surface area contributed by atoms with Crippen molar-refractivity contribution in [2.24, 2.45) is 0 Å². The molecule has 166 valence electrons. The fourth-order valence-corrected chi connectivity index (χ4v) is 5.06. The molecule has 0 aliphatic heterocycles. The van der Waals surface area contributed by atoms with Crippen molar-refractivity contribution < 1.29 is 18.0 Å². The summed E-state index contributed by atoms with van der Waals surface area (Å²) in [7, 11) is -3.74. The Kier molecular flexibility index (Phi) is 6.81. The molecule has 0 radical (unpaired) electrons. The quantitative estimate of drug-likeness (QED) is 0.583. The highest BCUT2D eigenvalue weighted by Crippen LogP contribution is 2.26. The predicted octanol–water partition coefficient (Wildman–Crippen LogP) is 3.12. The van der Waals surface area contributed by atoms with Crippen LogP contribution in [0.4, 0.5) is 5.69 Å². The van der Waals surface area contributed by atoms with Crippen LogP contribution >= 0.6 is 0 Å². The molecule has 3 N–H and O–H groups in total. The van der Waals surface area contributed by atoms with Crippen LogP contribution < -0.4 is 15.4 Å². The van der Waals surface area contributed by atoms with Gasteiger partial charge in [0.1, 0.15) is 0 Å². The smallest absolute Gasteiger partial charge is 0.251 e. The molecule has 1 aliphatic carbocycles. The van der Waals surface area contributed by atoms with E-state index in [1.165, 1.54) is 0 Å². The van der Waals surface area contributed by atoms with Gasteiger partial charge in [0.05, 0.1) is 4.90 Å². The van der Waals surface area contributed by atoms with Gasteiger partial charge in [-0.25, -0.2) is 13.1 Å². The van der Waals surface area contributed by atoms with Crippen LogP contribution in [0.3, 0.4) is 0 Å². The van der Waals surface area contributed by atoms with Gasteiger partial charge in [-0.2, -0.15) is 0 Å². The molecule has 3 rings (SSSR count). The zero-order valence-electron chi connectivity index (χ0n) is 18.3. The first-order valence-electron chi connectivity index (χ1n) is 10.4. The second-order valence-electron chi connectivity index (χ2n) is 8.11. The molecule has 0 heterocycles. The van der Waals surface area contributed by atoms with Crippen molar-refractivity contribution in [3.05, 3.63) is 58.1 Å². The molecule has 0 saturated heterocycles. The Labute approximate surface area is 183 Å². The first kappa shape index (κ1) is 23.0. The van der Waals surface area contributed by atoms with Gasteiger partial charge in [-0.1, -0.05) is 12.1 Å². The molecule has 0 aromatic heterocycles. The second-order valence-corrected chi connectivity index (χ2v) is 9.82. The molecule has 0 unspecified atom stereocenters. The number of aryl methyl sites for hydroxylation is 2. The summed E-state index contributed by atoms with van der Waals surface area (Å²) < 4.78 is 28.2. The lowest BCUT2D eigenvalue weighted by Gasteiger charge is -2.16. The molecule has 2 aromatic rings. The second kappa shape index (κ2) is 9.20. The zero-order valence-corrected chi connectivity index (χ0v) is 19.2. The van der Waals surface area contributed by atoms with Gasteiger partial charge in [-0.05, 0) is 81.0 Å². The normalized spacial score (nSPS) is 13.7. The molecular weight excluding hydrogens is 414 g/mol. The SMILES string of the molecule is Cc1cc(C)c(C)c(S(=O)(=O)NCCC(=O)Nc2cccc(C(=O)NC3CC3)c2)c1C. The van der Waals surface area contributed by atoms with E-state index < -0.39 is 10.0 Å². The van der Waals surface area contributed by atoms with Gasteiger partial charge >= 0.3 is 0 Å². The average molecular weight is 444 g/mol. The molecule has 2 amide bonds. The van der Waals surface area contributed by atoms with Gasteiger partial charge in [-0.3, -0.25) is 9.59 Å². The van der Waals surface area contributed by atoms with Crippen LogP contribution in [-0.4, -0.2) is 32.8 Å². The molecule has 7 nitrogen and oxygen atoms in total. The lowest BCUT2D eigenvalue weighted by molar-refractivity contribution is -0.116. The summed E-state index contributed by atoms with van der Waals surface area (Å²) in [5.74, 6) is -0.498. The third-order valence-corrected chi connectivity index (χ3v) is 7.27. The van der Waals surface area contributed by atoms with Crippen molar-refractivity contribution >= 4 is 27.5 Å². The van der Waals surface area contributed by atoms with Crippen molar-refractivity contribution in [3.63, 3.8) is 0 Å². The standard InChI is InChI=1S/C23H29N3O4S/c1-14-12-15(2)17(4)22(16(14)3)31(29,30)24-11-10-21(27)25-20-7-5-6-18(13-20)23(28)26-19-8-9-19/h5-7,12-13,19,24H,8-11H2,1-4H3,(H,25,27)(H,26,28). The number of hydrogen-bond acceptors (Lipinski definition) is 4. The molecule has 0 atom stereocenters. The van der Waals surface area contributed by atoms with Crippen molar-refractivity contribution in [2.75, 3.05) is 11.9 Å². The fourth-order valence-electron chi connectivity index (χ4n) is 3.41. The van der Waals surface area contributed by atoms with E-state index in [2.05, 4.69) is 15.4 Å². The number of rotatable bonds is 8. The van der Waals surface area contributed by atoms with Crippen molar-refractivity contribution in [1.82, 2.24) is 10.0 Å². The van der Waals surface area contributed by atoms with Crippen LogP contribution in [0.5, 0.6) is 0 Å². The molecule has 0 spiro atoms. The van der Waals surface area contributed by atoms with Crippen molar-refractivity contribution in [1.29, 1.82) is 0 Å². The summed E-state index contributed by atoms with van der Waals surface area (Å²) in [5, 5.41) is 5.63. The third-order valence-electron chi connectivity index (χ3n) is 5.53. The molecule has 31 heavy (non-hydrogen) atoms. The van der Waals surface area contributed by atoms with E-state index in [1.54, 1.807) is 38.1 Å². The molecule has 1 saturated carbocycles. The largest absolute Gasteiger partial charge is 0.349 e. The van der Waals surface area contributed by atoms with E-state index in [9.17, 15) is 18.0 Å². The number of carbonyl (C=O) groups is 2. The van der Waals surface area contributed by atoms with Crippen LogP contribution in [-0.2, 0) is 14.8 Å². The summed E-state index contributed by atoms with van der Waals surface area (Å²) >= 11 is 0. The van der Waals surface area contributed by atoms with Gasteiger partial charge < -0.3 is 10.6 Å². The Bertz CT molecular complexity index is 1100. The minimum atomic E-state index is -3.74. The predicted molar refractivity (Wildman–Crippen MR) is 121 cm³/mol. The number of nitrogens with one attached hydrogen (secondary N) is 3. The molecular formula is C23H29N3O4S. The fraction of sp³-hybridized carbons (Fsp3) is 0.391. The van der Waals surface area contributed by atoms with Crippen LogP contribution in [0.15, 0.2) is 35.2 Å². The minimum Gasteiger partial charge on any atom is -0.349 e. The number of sulfonamides is 1. The summed E-state index contributed by atoms with van der Waals surface area (Å²) in [4.78, 5) is 24.7. The van der Waals surface area contributed by atoms with Gasteiger partial charge in [0.2, 0.25) is 15.9 Å². The topological polar surface area (TPSA) is 104 Å². The van der Waals surface area contributed by atoms with Gasteiger partial charge in [0.25, 0.3) is 5.91 Å². The van der Waals surface area contributed by atoms with Gasteiger partial charge in [0, 0.05) is 30.3 Å². The van der Waals surface area contributed by atoms with Gasteiger partial charge in [-0.15, -0.1) is 0 Å². The maximum absolute atomic E-state index is 12.8.